The lowest BCUT2D eigenvalue weighted by Crippen LogP contribution is -2.57. The molecule has 9 heteroatoms. The summed E-state index contributed by atoms with van der Waals surface area (Å²) < 4.78 is 89.1. The highest BCUT2D eigenvalue weighted by molar-refractivity contribution is 5.97. The molecule has 0 spiro atoms. The van der Waals surface area contributed by atoms with Gasteiger partial charge in [0.15, 0.2) is 0 Å². The van der Waals surface area contributed by atoms with Gasteiger partial charge >= 0.3 is 23.9 Å². The van der Waals surface area contributed by atoms with Gasteiger partial charge in [0.1, 0.15) is 0 Å². The van der Waals surface area contributed by atoms with E-state index in [4.69, 9.17) is 0 Å². The summed E-state index contributed by atoms with van der Waals surface area (Å²) in [4.78, 5) is 11.4. The maximum absolute atomic E-state index is 13.4. The second kappa shape index (κ2) is 5.72. The average Bonchev–Trinajstić information content (AvgIpc) is 2.91. The van der Waals surface area contributed by atoms with Gasteiger partial charge < -0.3 is 5.32 Å². The van der Waals surface area contributed by atoms with Crippen LogP contribution < -0.4 is 5.32 Å². The number of hydrogen-bond acceptors (Lipinski definition) is 1. The Hall–Kier alpha value is -2.58. The Labute approximate surface area is 142 Å². The number of carbonyl (C=O) groups excluding carboxylic acids is 1. The molecule has 0 bridgehead atoms. The van der Waals surface area contributed by atoms with E-state index in [9.17, 15) is 35.5 Å². The van der Waals surface area contributed by atoms with Crippen LogP contribution in [0.1, 0.15) is 11.1 Å². The maximum Gasteiger partial charge on any atom is 0.460 e. The number of alkyl halides is 7. The van der Waals surface area contributed by atoms with E-state index in [0.717, 1.165) is 16.7 Å². The molecule has 0 aliphatic heterocycles. The molecule has 2 nitrogen and oxygen atoms in total. The van der Waals surface area contributed by atoms with Crippen molar-refractivity contribution in [3.05, 3.63) is 53.6 Å². The molecule has 0 aromatic heterocycles. The van der Waals surface area contributed by atoms with Gasteiger partial charge in [-0.25, -0.2) is 0 Å². The Bertz CT molecular complexity index is 874. The predicted octanol–water partition coefficient (Wildman–Crippen LogP) is 5.03. The van der Waals surface area contributed by atoms with E-state index >= 15 is 0 Å². The lowest BCUT2D eigenvalue weighted by molar-refractivity contribution is -0.343. The molecule has 2 aromatic rings. The number of halogens is 7. The third-order valence-corrected chi connectivity index (χ3v) is 4.09. The molecular weight excluding hydrogens is 367 g/mol. The minimum atomic E-state index is -6.56. The summed E-state index contributed by atoms with van der Waals surface area (Å²) in [7, 11) is 0. The largest absolute Gasteiger partial charge is 0.460 e. The van der Waals surface area contributed by atoms with Crippen LogP contribution in [0.15, 0.2) is 42.5 Å². The molecule has 0 atom stereocenters. The lowest BCUT2D eigenvalue weighted by atomic mass is 10.1. The molecule has 0 unspecified atom stereocenters. The van der Waals surface area contributed by atoms with Crippen LogP contribution in [-0.2, 0) is 11.2 Å². The molecule has 0 saturated heterocycles. The number of nitrogens with one attached hydrogen (secondary N) is 1. The van der Waals surface area contributed by atoms with E-state index in [2.05, 4.69) is 0 Å². The molecule has 1 amide bonds. The quantitative estimate of drug-likeness (QED) is 0.638. The maximum atomic E-state index is 13.4. The molecule has 0 heterocycles. The highest BCUT2D eigenvalue weighted by Gasteiger charge is 2.76. The van der Waals surface area contributed by atoms with Crippen LogP contribution in [0.2, 0.25) is 0 Å². The van der Waals surface area contributed by atoms with Crippen molar-refractivity contribution in [1.82, 2.24) is 0 Å². The summed E-state index contributed by atoms with van der Waals surface area (Å²) in [5, 5.41) is 1.45. The van der Waals surface area contributed by atoms with Crippen molar-refractivity contribution in [2.45, 2.75) is 24.4 Å². The Morgan fingerprint density at radius 1 is 0.846 bits per heavy atom. The highest BCUT2D eigenvalue weighted by Crippen LogP contribution is 2.47. The van der Waals surface area contributed by atoms with Gasteiger partial charge in [0.2, 0.25) is 0 Å². The Balaban J connectivity index is 1.85. The number of hydrogen-bond donors (Lipinski definition) is 1. The number of rotatable bonds is 3. The van der Waals surface area contributed by atoms with Gasteiger partial charge in [0.05, 0.1) is 0 Å². The van der Waals surface area contributed by atoms with Crippen LogP contribution in [0.4, 0.5) is 36.4 Å². The van der Waals surface area contributed by atoms with E-state index in [0.29, 0.717) is 12.0 Å². The first-order valence-corrected chi connectivity index (χ1v) is 7.30. The minimum Gasteiger partial charge on any atom is -0.321 e. The summed E-state index contributed by atoms with van der Waals surface area (Å²) in [6.07, 6.45) is -6.14. The zero-order chi connectivity index (χ0) is 19.3. The first kappa shape index (κ1) is 18.2. The van der Waals surface area contributed by atoms with Gasteiger partial charge in [-0.15, -0.1) is 0 Å². The normalized spacial score (nSPS) is 14.0. The fraction of sp³-hybridized carbons (Fsp3) is 0.235. The number of benzene rings is 2. The van der Waals surface area contributed by atoms with Crippen molar-refractivity contribution in [2.75, 3.05) is 5.32 Å². The van der Waals surface area contributed by atoms with Gasteiger partial charge in [-0.3, -0.25) is 4.79 Å². The highest BCUT2D eigenvalue weighted by atomic mass is 19.4. The third-order valence-electron chi connectivity index (χ3n) is 4.09. The number of anilines is 1. The monoisotopic (exact) mass is 377 g/mol. The second-order valence-electron chi connectivity index (χ2n) is 5.81. The fourth-order valence-electron chi connectivity index (χ4n) is 2.75. The Morgan fingerprint density at radius 3 is 2.12 bits per heavy atom. The van der Waals surface area contributed by atoms with Gasteiger partial charge in [-0.1, -0.05) is 30.3 Å². The first-order chi connectivity index (χ1) is 11.9. The van der Waals surface area contributed by atoms with Crippen molar-refractivity contribution in [1.29, 1.82) is 0 Å². The average molecular weight is 377 g/mol. The van der Waals surface area contributed by atoms with Crippen LogP contribution >= 0.6 is 0 Å². The van der Waals surface area contributed by atoms with Crippen LogP contribution in [0.25, 0.3) is 11.1 Å². The second-order valence-corrected chi connectivity index (χ2v) is 5.81. The van der Waals surface area contributed by atoms with Crippen molar-refractivity contribution in [3.8, 4) is 11.1 Å². The van der Waals surface area contributed by atoms with Crippen molar-refractivity contribution < 1.29 is 35.5 Å². The van der Waals surface area contributed by atoms with Crippen LogP contribution in [0, 0.1) is 0 Å². The van der Waals surface area contributed by atoms with Gasteiger partial charge in [-0.2, -0.15) is 30.7 Å². The fourth-order valence-corrected chi connectivity index (χ4v) is 2.75. The van der Waals surface area contributed by atoms with E-state index < -0.39 is 23.9 Å². The number of amides is 1. The molecule has 1 aliphatic carbocycles. The molecule has 0 fully saturated rings. The van der Waals surface area contributed by atoms with Crippen molar-refractivity contribution >= 4 is 11.6 Å². The lowest BCUT2D eigenvalue weighted by Gasteiger charge is -2.27. The standard InChI is InChI=1S/C17H10F7NO/c18-15(19,16(20,21)17(22,23)24)14(26)25-11-5-6-13-10(8-11)7-9-3-1-2-4-12(9)13/h1-6,8H,7H2,(H,25,26). The first-order valence-electron chi connectivity index (χ1n) is 7.30. The SMILES string of the molecule is O=C(Nc1ccc2c(c1)Cc1ccccc1-2)C(F)(F)C(F)(F)C(F)(F)F. The van der Waals surface area contributed by atoms with E-state index in [1.807, 2.05) is 12.1 Å². The van der Waals surface area contributed by atoms with Crippen LogP contribution in [0.5, 0.6) is 0 Å². The van der Waals surface area contributed by atoms with Crippen molar-refractivity contribution in [2.24, 2.45) is 0 Å². The molecule has 1 aliphatic rings. The van der Waals surface area contributed by atoms with Crippen molar-refractivity contribution in [3.63, 3.8) is 0 Å². The summed E-state index contributed by atoms with van der Waals surface area (Å²) in [6.45, 7) is 0. The molecule has 0 saturated carbocycles. The van der Waals surface area contributed by atoms with Gasteiger partial charge in [0, 0.05) is 5.69 Å². The molecule has 138 valence electrons. The number of carbonyl (C=O) groups is 1. The van der Waals surface area contributed by atoms with Gasteiger partial charge in [-0.05, 0) is 40.8 Å². The zero-order valence-corrected chi connectivity index (χ0v) is 12.8. The van der Waals surface area contributed by atoms with E-state index in [1.54, 1.807) is 12.1 Å². The molecular formula is C17H10F7NO. The van der Waals surface area contributed by atoms with Crippen LogP contribution in [0.3, 0.4) is 0 Å². The zero-order valence-electron chi connectivity index (χ0n) is 12.8. The molecule has 3 rings (SSSR count). The predicted molar refractivity (Wildman–Crippen MR) is 79.3 cm³/mol. The molecule has 0 radical (unpaired) electrons. The summed E-state index contributed by atoms with van der Waals surface area (Å²) >= 11 is 0. The smallest absolute Gasteiger partial charge is 0.321 e. The Kier molecular flexibility index (Phi) is 4.01. The molecule has 2 aromatic carbocycles. The summed E-state index contributed by atoms with van der Waals surface area (Å²) in [5.41, 5.74) is 2.95. The van der Waals surface area contributed by atoms with Gasteiger partial charge in [0.25, 0.3) is 0 Å². The van der Waals surface area contributed by atoms with E-state index in [1.165, 1.54) is 23.5 Å². The minimum absolute atomic E-state index is 0.292. The van der Waals surface area contributed by atoms with Crippen LogP contribution in [-0.4, -0.2) is 23.9 Å². The Morgan fingerprint density at radius 2 is 1.46 bits per heavy atom. The van der Waals surface area contributed by atoms with E-state index in [-0.39, 0.29) is 5.69 Å². The third kappa shape index (κ3) is 2.71. The summed E-state index contributed by atoms with van der Waals surface area (Å²) in [5.74, 6) is -15.2. The topological polar surface area (TPSA) is 29.1 Å². The number of fused-ring (bicyclic) bond motifs is 3. The summed E-state index contributed by atoms with van der Waals surface area (Å²) in [6, 6.07) is 11.2. The molecule has 1 N–H and O–H groups in total. The molecule has 26 heavy (non-hydrogen) atoms.